The second-order valence-electron chi connectivity index (χ2n) is 5.76. The Hall–Kier alpha value is -2.08. The molecule has 1 aliphatic heterocycles. The van der Waals surface area contributed by atoms with Crippen LogP contribution in [0.5, 0.6) is 11.5 Å². The number of ether oxygens (including phenoxy) is 2. The number of carbonyl (C=O) groups is 1. The van der Waals surface area contributed by atoms with Gasteiger partial charge in [-0.05, 0) is 17.7 Å². The Bertz CT molecular complexity index is 697. The van der Waals surface area contributed by atoms with Crippen LogP contribution in [0.25, 0.3) is 0 Å². The molecule has 5 nitrogen and oxygen atoms in total. The van der Waals surface area contributed by atoms with Crippen molar-refractivity contribution < 1.29 is 14.3 Å². The molecule has 2 aromatic rings. The molecule has 1 N–H and O–H groups in total. The number of aromatic nitrogens is 1. The summed E-state index contributed by atoms with van der Waals surface area (Å²) < 4.78 is 11.0. The molecule has 1 aromatic heterocycles. The van der Waals surface area contributed by atoms with Crippen molar-refractivity contribution in [3.8, 4) is 11.5 Å². The number of rotatable bonds is 5. The lowest BCUT2D eigenvalue weighted by atomic mass is 10.2. The van der Waals surface area contributed by atoms with Crippen molar-refractivity contribution >= 4 is 17.2 Å². The number of hydrogen-bond donors (Lipinski definition) is 1. The molecule has 0 fully saturated rings. The first-order valence-corrected chi connectivity index (χ1v) is 8.59. The summed E-state index contributed by atoms with van der Waals surface area (Å²) >= 11 is 1.61. The number of nitrogens with one attached hydrogen (secondary N) is 1. The number of thiazole rings is 1. The molecule has 3 rings (SSSR count). The highest BCUT2D eigenvalue weighted by Gasteiger charge is 2.13. The van der Waals surface area contributed by atoms with Crippen molar-refractivity contribution in [1.29, 1.82) is 0 Å². The smallest absolute Gasteiger partial charge is 0.226 e. The molecule has 0 radical (unpaired) electrons. The zero-order valence-corrected chi connectivity index (χ0v) is 14.1. The van der Waals surface area contributed by atoms with Gasteiger partial charge in [0, 0.05) is 17.8 Å². The first kappa shape index (κ1) is 15.8. The van der Waals surface area contributed by atoms with Crippen LogP contribution in [0.4, 0.5) is 0 Å². The van der Waals surface area contributed by atoms with Crippen LogP contribution in [0.15, 0.2) is 23.6 Å². The van der Waals surface area contributed by atoms with E-state index in [4.69, 9.17) is 9.47 Å². The highest BCUT2D eigenvalue weighted by atomic mass is 32.1. The molecule has 0 saturated heterocycles. The van der Waals surface area contributed by atoms with E-state index in [1.807, 2.05) is 23.6 Å². The van der Waals surface area contributed by atoms with Crippen LogP contribution in [0.3, 0.4) is 0 Å². The molecule has 0 unspecified atom stereocenters. The monoisotopic (exact) mass is 332 g/mol. The summed E-state index contributed by atoms with van der Waals surface area (Å²) in [4.78, 5) is 16.5. The Labute approximate surface area is 139 Å². The van der Waals surface area contributed by atoms with Crippen molar-refractivity contribution in [1.82, 2.24) is 10.3 Å². The van der Waals surface area contributed by atoms with Gasteiger partial charge in [-0.1, -0.05) is 19.9 Å². The minimum absolute atomic E-state index is 0.0273. The van der Waals surface area contributed by atoms with Gasteiger partial charge in [0.1, 0.15) is 13.2 Å². The normalized spacial score (nSPS) is 13.2. The second kappa shape index (κ2) is 7.00. The summed E-state index contributed by atoms with van der Waals surface area (Å²) in [7, 11) is 0. The third kappa shape index (κ3) is 4.01. The van der Waals surface area contributed by atoms with Gasteiger partial charge in [-0.2, -0.15) is 0 Å². The first-order valence-electron chi connectivity index (χ1n) is 7.71. The van der Waals surface area contributed by atoms with Gasteiger partial charge in [0.25, 0.3) is 0 Å². The molecule has 1 aliphatic rings. The SMILES string of the molecule is CC(C)c1nc(CC(=O)NCc2ccc3c(c2)OCCO3)cs1. The summed E-state index contributed by atoms with van der Waals surface area (Å²) in [5, 5.41) is 5.95. The molecule has 1 aromatic carbocycles. The topological polar surface area (TPSA) is 60.5 Å². The van der Waals surface area contributed by atoms with E-state index in [0.717, 1.165) is 27.8 Å². The van der Waals surface area contributed by atoms with Gasteiger partial charge >= 0.3 is 0 Å². The lowest BCUT2D eigenvalue weighted by molar-refractivity contribution is -0.120. The van der Waals surface area contributed by atoms with Crippen LogP contribution in [-0.2, 0) is 17.8 Å². The molecule has 6 heteroatoms. The van der Waals surface area contributed by atoms with E-state index in [-0.39, 0.29) is 5.91 Å². The van der Waals surface area contributed by atoms with Crippen LogP contribution in [0, 0.1) is 0 Å². The molecule has 1 amide bonds. The van der Waals surface area contributed by atoms with E-state index in [0.29, 0.717) is 32.1 Å². The Kier molecular flexibility index (Phi) is 4.81. The van der Waals surface area contributed by atoms with Crippen molar-refractivity contribution in [2.24, 2.45) is 0 Å². The highest BCUT2D eigenvalue weighted by molar-refractivity contribution is 7.09. The van der Waals surface area contributed by atoms with Gasteiger partial charge in [-0.15, -0.1) is 11.3 Å². The molecular formula is C17H20N2O3S. The fourth-order valence-electron chi connectivity index (χ4n) is 2.29. The Balaban J connectivity index is 1.54. The summed E-state index contributed by atoms with van der Waals surface area (Å²) in [6.45, 7) is 5.81. The Morgan fingerprint density at radius 1 is 1.30 bits per heavy atom. The average molecular weight is 332 g/mol. The third-order valence-electron chi connectivity index (χ3n) is 3.50. The predicted octanol–water partition coefficient (Wildman–Crippen LogP) is 2.90. The van der Waals surface area contributed by atoms with Crippen LogP contribution in [0.2, 0.25) is 0 Å². The number of nitrogens with zero attached hydrogens (tertiary/aromatic N) is 1. The fraction of sp³-hybridized carbons (Fsp3) is 0.412. The molecule has 0 atom stereocenters. The zero-order chi connectivity index (χ0) is 16.2. The molecule has 23 heavy (non-hydrogen) atoms. The highest BCUT2D eigenvalue weighted by Crippen LogP contribution is 2.30. The fourth-order valence-corrected chi connectivity index (χ4v) is 3.13. The zero-order valence-electron chi connectivity index (χ0n) is 13.3. The van der Waals surface area contributed by atoms with Crippen LogP contribution < -0.4 is 14.8 Å². The molecule has 2 heterocycles. The minimum atomic E-state index is -0.0273. The number of hydrogen-bond acceptors (Lipinski definition) is 5. The maximum atomic E-state index is 12.1. The largest absolute Gasteiger partial charge is 0.486 e. The predicted molar refractivity (Wildman–Crippen MR) is 89.2 cm³/mol. The molecular weight excluding hydrogens is 312 g/mol. The summed E-state index contributed by atoms with van der Waals surface area (Å²) in [5.41, 5.74) is 1.82. The van der Waals surface area contributed by atoms with Gasteiger partial charge in [0.05, 0.1) is 17.1 Å². The van der Waals surface area contributed by atoms with Crippen molar-refractivity contribution in [2.45, 2.75) is 32.7 Å². The molecule has 0 bridgehead atoms. The summed E-state index contributed by atoms with van der Waals surface area (Å²) in [6, 6.07) is 5.73. The van der Waals surface area contributed by atoms with E-state index >= 15 is 0 Å². The number of carbonyl (C=O) groups excluding carboxylic acids is 1. The van der Waals surface area contributed by atoms with Crippen LogP contribution >= 0.6 is 11.3 Å². The summed E-state index contributed by atoms with van der Waals surface area (Å²) in [5.74, 6) is 1.87. The van der Waals surface area contributed by atoms with Crippen molar-refractivity contribution in [2.75, 3.05) is 13.2 Å². The van der Waals surface area contributed by atoms with E-state index < -0.39 is 0 Å². The molecule has 0 spiro atoms. The second-order valence-corrected chi connectivity index (χ2v) is 6.65. The van der Waals surface area contributed by atoms with Gasteiger partial charge in [-0.25, -0.2) is 4.98 Å². The van der Waals surface area contributed by atoms with E-state index in [1.165, 1.54) is 0 Å². The molecule has 122 valence electrons. The lowest BCUT2D eigenvalue weighted by Gasteiger charge is -2.18. The quantitative estimate of drug-likeness (QED) is 0.914. The van der Waals surface area contributed by atoms with Crippen molar-refractivity contribution in [3.63, 3.8) is 0 Å². The van der Waals surface area contributed by atoms with Crippen LogP contribution in [0.1, 0.15) is 36.0 Å². The van der Waals surface area contributed by atoms with Gasteiger partial charge < -0.3 is 14.8 Å². The standard InChI is InChI=1S/C17H20N2O3S/c1-11(2)17-19-13(10-23-17)8-16(20)18-9-12-3-4-14-15(7-12)22-6-5-21-14/h3-4,7,10-11H,5-6,8-9H2,1-2H3,(H,18,20). The maximum Gasteiger partial charge on any atom is 0.226 e. The molecule has 0 aliphatic carbocycles. The minimum Gasteiger partial charge on any atom is -0.486 e. The van der Waals surface area contributed by atoms with Gasteiger partial charge in [-0.3, -0.25) is 4.79 Å². The van der Waals surface area contributed by atoms with Gasteiger partial charge in [0.15, 0.2) is 11.5 Å². The maximum absolute atomic E-state index is 12.1. The van der Waals surface area contributed by atoms with Gasteiger partial charge in [0.2, 0.25) is 5.91 Å². The first-order chi connectivity index (χ1) is 11.1. The lowest BCUT2D eigenvalue weighted by Crippen LogP contribution is -2.25. The Morgan fingerprint density at radius 2 is 2.09 bits per heavy atom. The van der Waals surface area contributed by atoms with E-state index in [1.54, 1.807) is 11.3 Å². The number of benzene rings is 1. The average Bonchev–Trinajstić information content (AvgIpc) is 3.01. The van der Waals surface area contributed by atoms with E-state index in [9.17, 15) is 4.79 Å². The third-order valence-corrected chi connectivity index (χ3v) is 4.70. The molecule has 0 saturated carbocycles. The van der Waals surface area contributed by atoms with E-state index in [2.05, 4.69) is 24.1 Å². The number of fused-ring (bicyclic) bond motifs is 1. The van der Waals surface area contributed by atoms with Crippen LogP contribution in [-0.4, -0.2) is 24.1 Å². The summed E-state index contributed by atoms with van der Waals surface area (Å²) in [6.07, 6.45) is 0.313. The number of amides is 1. The Morgan fingerprint density at radius 3 is 2.83 bits per heavy atom. The van der Waals surface area contributed by atoms with Crippen molar-refractivity contribution in [3.05, 3.63) is 39.8 Å².